The SMILES string of the molecule is Cc1cc(I)ccc1NC(=O)CCC1CCNCC1.Cl. The van der Waals surface area contributed by atoms with E-state index in [0.29, 0.717) is 12.3 Å². The monoisotopic (exact) mass is 408 g/mol. The zero-order valence-corrected chi connectivity index (χ0v) is 14.7. The van der Waals surface area contributed by atoms with Crippen molar-refractivity contribution in [2.45, 2.75) is 32.6 Å². The molecule has 1 aliphatic heterocycles. The second-order valence-electron chi connectivity index (χ2n) is 5.24. The molecule has 20 heavy (non-hydrogen) atoms. The van der Waals surface area contributed by atoms with Crippen LogP contribution in [-0.2, 0) is 4.79 Å². The predicted octanol–water partition coefficient (Wildman–Crippen LogP) is 3.74. The summed E-state index contributed by atoms with van der Waals surface area (Å²) in [5, 5.41) is 6.37. The Labute approximate surface area is 140 Å². The Kier molecular flexibility index (Phi) is 7.84. The van der Waals surface area contributed by atoms with Gasteiger partial charge in [0.2, 0.25) is 5.91 Å². The molecule has 112 valence electrons. The van der Waals surface area contributed by atoms with Crippen molar-refractivity contribution in [3.8, 4) is 0 Å². The number of hydrogen-bond donors (Lipinski definition) is 2. The molecule has 0 aliphatic carbocycles. The first kappa shape index (κ1) is 17.7. The second kappa shape index (κ2) is 8.85. The Morgan fingerprint density at radius 2 is 2.10 bits per heavy atom. The number of benzene rings is 1. The molecule has 1 fully saturated rings. The standard InChI is InChI=1S/C15H21IN2O.ClH/c1-11-10-13(16)3-4-14(11)18-15(19)5-2-12-6-8-17-9-7-12;/h3-4,10,12,17H,2,5-9H2,1H3,(H,18,19);1H. The molecule has 2 N–H and O–H groups in total. The average molecular weight is 409 g/mol. The highest BCUT2D eigenvalue weighted by molar-refractivity contribution is 14.1. The van der Waals surface area contributed by atoms with E-state index in [-0.39, 0.29) is 18.3 Å². The van der Waals surface area contributed by atoms with E-state index < -0.39 is 0 Å². The van der Waals surface area contributed by atoms with Gasteiger partial charge >= 0.3 is 0 Å². The summed E-state index contributed by atoms with van der Waals surface area (Å²) in [5.41, 5.74) is 2.07. The molecule has 1 amide bonds. The van der Waals surface area contributed by atoms with E-state index in [1.807, 2.05) is 19.1 Å². The van der Waals surface area contributed by atoms with Crippen molar-refractivity contribution < 1.29 is 4.79 Å². The Morgan fingerprint density at radius 3 is 2.75 bits per heavy atom. The van der Waals surface area contributed by atoms with E-state index >= 15 is 0 Å². The molecule has 5 heteroatoms. The molecule has 1 aromatic carbocycles. The zero-order chi connectivity index (χ0) is 13.7. The molecule has 0 bridgehead atoms. The molecule has 0 unspecified atom stereocenters. The van der Waals surface area contributed by atoms with Gasteiger partial charge in [-0.15, -0.1) is 12.4 Å². The van der Waals surface area contributed by atoms with Gasteiger partial charge < -0.3 is 10.6 Å². The first-order valence-electron chi connectivity index (χ1n) is 6.92. The lowest BCUT2D eigenvalue weighted by molar-refractivity contribution is -0.116. The van der Waals surface area contributed by atoms with Crippen molar-refractivity contribution in [1.29, 1.82) is 0 Å². The van der Waals surface area contributed by atoms with Crippen LogP contribution in [0, 0.1) is 16.4 Å². The van der Waals surface area contributed by atoms with Crippen LogP contribution in [0.2, 0.25) is 0 Å². The maximum Gasteiger partial charge on any atom is 0.224 e. The van der Waals surface area contributed by atoms with E-state index in [0.717, 1.165) is 30.8 Å². The molecule has 1 heterocycles. The first-order chi connectivity index (χ1) is 9.15. The number of carbonyl (C=O) groups excluding carboxylic acids is 1. The minimum absolute atomic E-state index is 0. The number of hydrogen-bond acceptors (Lipinski definition) is 2. The van der Waals surface area contributed by atoms with E-state index in [2.05, 4.69) is 39.3 Å². The first-order valence-corrected chi connectivity index (χ1v) is 8.00. The van der Waals surface area contributed by atoms with Gasteiger partial charge in [0.25, 0.3) is 0 Å². The summed E-state index contributed by atoms with van der Waals surface area (Å²) in [7, 11) is 0. The lowest BCUT2D eigenvalue weighted by atomic mass is 9.93. The molecular formula is C15H22ClIN2O. The molecule has 0 radical (unpaired) electrons. The topological polar surface area (TPSA) is 41.1 Å². The molecule has 1 saturated heterocycles. The summed E-state index contributed by atoms with van der Waals surface area (Å²) in [6.45, 7) is 4.23. The molecular weight excluding hydrogens is 387 g/mol. The summed E-state index contributed by atoms with van der Waals surface area (Å²) < 4.78 is 1.20. The maximum absolute atomic E-state index is 12.0. The molecule has 3 nitrogen and oxygen atoms in total. The number of aryl methyl sites for hydroxylation is 1. The van der Waals surface area contributed by atoms with Crippen molar-refractivity contribution in [1.82, 2.24) is 5.32 Å². The van der Waals surface area contributed by atoms with Gasteiger partial charge in [0.15, 0.2) is 0 Å². The second-order valence-corrected chi connectivity index (χ2v) is 6.49. The van der Waals surface area contributed by atoms with Crippen molar-refractivity contribution >= 4 is 46.6 Å². The number of piperidine rings is 1. The Morgan fingerprint density at radius 1 is 1.40 bits per heavy atom. The fraction of sp³-hybridized carbons (Fsp3) is 0.533. The van der Waals surface area contributed by atoms with Gasteiger partial charge in [0.05, 0.1) is 0 Å². The van der Waals surface area contributed by atoms with Crippen LogP contribution in [0.5, 0.6) is 0 Å². The van der Waals surface area contributed by atoms with E-state index in [1.54, 1.807) is 0 Å². The van der Waals surface area contributed by atoms with Gasteiger partial charge in [-0.1, -0.05) is 0 Å². The van der Waals surface area contributed by atoms with E-state index in [9.17, 15) is 4.79 Å². The number of nitrogens with one attached hydrogen (secondary N) is 2. The molecule has 0 aromatic heterocycles. The summed E-state index contributed by atoms with van der Waals surface area (Å²) in [5.74, 6) is 0.854. The highest BCUT2D eigenvalue weighted by Crippen LogP contribution is 2.20. The fourth-order valence-electron chi connectivity index (χ4n) is 2.49. The fourth-order valence-corrected chi connectivity index (χ4v) is 3.13. The van der Waals surface area contributed by atoms with Crippen LogP contribution < -0.4 is 10.6 Å². The van der Waals surface area contributed by atoms with Crippen molar-refractivity contribution in [2.75, 3.05) is 18.4 Å². The summed E-state index contributed by atoms with van der Waals surface area (Å²) in [6.07, 6.45) is 4.05. The lowest BCUT2D eigenvalue weighted by Crippen LogP contribution is -2.28. The molecule has 0 saturated carbocycles. The molecule has 1 aliphatic rings. The minimum Gasteiger partial charge on any atom is -0.326 e. The Bertz CT molecular complexity index is 447. The van der Waals surface area contributed by atoms with Crippen LogP contribution in [-0.4, -0.2) is 19.0 Å². The number of anilines is 1. The van der Waals surface area contributed by atoms with Crippen LogP contribution >= 0.6 is 35.0 Å². The largest absolute Gasteiger partial charge is 0.326 e. The Balaban J connectivity index is 0.00000200. The van der Waals surface area contributed by atoms with Gasteiger partial charge in [-0.25, -0.2) is 0 Å². The predicted molar refractivity (Wildman–Crippen MR) is 94.6 cm³/mol. The van der Waals surface area contributed by atoms with Crippen molar-refractivity contribution in [2.24, 2.45) is 5.92 Å². The zero-order valence-electron chi connectivity index (χ0n) is 11.7. The van der Waals surface area contributed by atoms with Crippen LogP contribution in [0.15, 0.2) is 18.2 Å². The van der Waals surface area contributed by atoms with Crippen LogP contribution in [0.1, 0.15) is 31.2 Å². The number of rotatable bonds is 4. The van der Waals surface area contributed by atoms with Crippen molar-refractivity contribution in [3.63, 3.8) is 0 Å². The van der Waals surface area contributed by atoms with E-state index in [4.69, 9.17) is 0 Å². The summed E-state index contributed by atoms with van der Waals surface area (Å²) in [4.78, 5) is 12.0. The number of carbonyl (C=O) groups is 1. The van der Waals surface area contributed by atoms with Gasteiger partial charge in [-0.3, -0.25) is 4.79 Å². The Hall–Kier alpha value is -0.330. The minimum atomic E-state index is 0. The quantitative estimate of drug-likeness (QED) is 0.745. The van der Waals surface area contributed by atoms with Gasteiger partial charge in [-0.2, -0.15) is 0 Å². The third-order valence-electron chi connectivity index (χ3n) is 3.70. The molecule has 1 aromatic rings. The number of amides is 1. The molecule has 0 atom stereocenters. The summed E-state index contributed by atoms with van der Waals surface area (Å²) in [6, 6.07) is 6.10. The highest BCUT2D eigenvalue weighted by atomic mass is 127. The van der Waals surface area contributed by atoms with Crippen molar-refractivity contribution in [3.05, 3.63) is 27.3 Å². The van der Waals surface area contributed by atoms with E-state index in [1.165, 1.54) is 16.4 Å². The molecule has 2 rings (SSSR count). The van der Waals surface area contributed by atoms with Crippen LogP contribution in [0.4, 0.5) is 5.69 Å². The number of halogens is 2. The highest BCUT2D eigenvalue weighted by Gasteiger charge is 2.14. The normalized spacial score (nSPS) is 15.5. The van der Waals surface area contributed by atoms with Gasteiger partial charge in [0, 0.05) is 15.7 Å². The molecule has 0 spiro atoms. The lowest BCUT2D eigenvalue weighted by Gasteiger charge is -2.22. The average Bonchev–Trinajstić information content (AvgIpc) is 2.41. The third kappa shape index (κ3) is 5.58. The maximum atomic E-state index is 12.0. The smallest absolute Gasteiger partial charge is 0.224 e. The van der Waals surface area contributed by atoms with Gasteiger partial charge in [0.1, 0.15) is 0 Å². The van der Waals surface area contributed by atoms with Crippen LogP contribution in [0.25, 0.3) is 0 Å². The third-order valence-corrected chi connectivity index (χ3v) is 4.37. The van der Waals surface area contributed by atoms with Gasteiger partial charge in [-0.05, 0) is 91.5 Å². The summed E-state index contributed by atoms with van der Waals surface area (Å²) >= 11 is 2.28. The van der Waals surface area contributed by atoms with Crippen LogP contribution in [0.3, 0.4) is 0 Å².